The number of nitrogens with two attached hydrogens (primary N) is 1. The molecule has 1 atom stereocenters. The number of hydrogen-bond acceptors (Lipinski definition) is 3. The van der Waals surface area contributed by atoms with Crippen LogP contribution in [-0.4, -0.2) is 31.2 Å². The lowest BCUT2D eigenvalue weighted by molar-refractivity contribution is -0.127. The van der Waals surface area contributed by atoms with E-state index < -0.39 is 0 Å². The van der Waals surface area contributed by atoms with E-state index in [1.807, 2.05) is 13.8 Å². The molecule has 0 fully saturated rings. The molecule has 0 aromatic carbocycles. The third kappa shape index (κ3) is 10.2. The molecule has 0 aliphatic carbocycles. The van der Waals surface area contributed by atoms with Gasteiger partial charge >= 0.3 is 0 Å². The number of carbonyl (C=O) groups is 1. The van der Waals surface area contributed by atoms with Crippen LogP contribution in [0.25, 0.3) is 0 Å². The maximum atomic E-state index is 11.4. The summed E-state index contributed by atoms with van der Waals surface area (Å²) in [6.07, 6.45) is 0.987. The lowest BCUT2D eigenvalue weighted by Gasteiger charge is -2.19. The molecule has 0 aliphatic heterocycles. The number of amides is 1. The highest BCUT2D eigenvalue weighted by molar-refractivity contribution is 5.85. The van der Waals surface area contributed by atoms with Crippen LogP contribution >= 0.6 is 12.4 Å². The Morgan fingerprint density at radius 3 is 2.25 bits per heavy atom. The summed E-state index contributed by atoms with van der Waals surface area (Å²) in [6.45, 7) is 8.63. The molecule has 0 saturated carbocycles. The largest absolute Gasteiger partial charge is 0.369 e. The van der Waals surface area contributed by atoms with E-state index in [4.69, 9.17) is 10.5 Å². The Hall–Kier alpha value is -0.320. The molecule has 0 bridgehead atoms. The predicted molar refractivity (Wildman–Crippen MR) is 68.8 cm³/mol. The monoisotopic (exact) mass is 252 g/mol. The minimum absolute atomic E-state index is 0. The minimum atomic E-state index is -0.0835. The molecular formula is C11H25ClN2O2. The quantitative estimate of drug-likeness (QED) is 0.718. The Morgan fingerprint density at radius 1 is 1.31 bits per heavy atom. The van der Waals surface area contributed by atoms with Gasteiger partial charge < -0.3 is 15.8 Å². The number of ether oxygens (including phenoxy) is 1. The maximum absolute atomic E-state index is 11.4. The molecule has 1 amide bonds. The lowest BCUT2D eigenvalue weighted by Crippen LogP contribution is -2.42. The van der Waals surface area contributed by atoms with E-state index in [9.17, 15) is 4.79 Å². The van der Waals surface area contributed by atoms with Gasteiger partial charge in [-0.3, -0.25) is 4.79 Å². The van der Waals surface area contributed by atoms with E-state index in [1.165, 1.54) is 0 Å². The zero-order chi connectivity index (χ0) is 11.8. The van der Waals surface area contributed by atoms with E-state index >= 15 is 0 Å². The van der Waals surface area contributed by atoms with E-state index in [0.717, 1.165) is 6.42 Å². The van der Waals surface area contributed by atoms with E-state index in [-0.39, 0.29) is 37.1 Å². The summed E-state index contributed by atoms with van der Waals surface area (Å²) in [5.41, 5.74) is 5.57. The second-order valence-electron chi connectivity index (χ2n) is 4.49. The van der Waals surface area contributed by atoms with Crippen molar-refractivity contribution in [2.45, 2.75) is 46.3 Å². The first kappa shape index (κ1) is 18.1. The summed E-state index contributed by atoms with van der Waals surface area (Å²) in [6, 6.07) is 0.0632. The van der Waals surface area contributed by atoms with Crippen molar-refractivity contribution in [2.24, 2.45) is 11.7 Å². The van der Waals surface area contributed by atoms with Crippen LogP contribution in [0.5, 0.6) is 0 Å². The average Bonchev–Trinajstić information content (AvgIpc) is 2.13. The fourth-order valence-corrected chi connectivity index (χ4v) is 1.29. The van der Waals surface area contributed by atoms with Crippen molar-refractivity contribution < 1.29 is 9.53 Å². The summed E-state index contributed by atoms with van der Waals surface area (Å²) in [4.78, 5) is 11.4. The summed E-state index contributed by atoms with van der Waals surface area (Å²) < 4.78 is 5.20. The van der Waals surface area contributed by atoms with Crippen LogP contribution in [-0.2, 0) is 9.53 Å². The molecule has 0 spiro atoms. The van der Waals surface area contributed by atoms with Crippen molar-refractivity contribution >= 4 is 18.3 Å². The SMILES string of the molecule is CC(C)CC(CN)NC(=O)COC(C)C.Cl. The van der Waals surface area contributed by atoms with Gasteiger partial charge in [-0.25, -0.2) is 0 Å². The highest BCUT2D eigenvalue weighted by atomic mass is 35.5. The van der Waals surface area contributed by atoms with Crippen molar-refractivity contribution in [1.29, 1.82) is 0 Å². The van der Waals surface area contributed by atoms with Gasteiger partial charge in [0.25, 0.3) is 0 Å². The van der Waals surface area contributed by atoms with Crippen LogP contribution in [0.4, 0.5) is 0 Å². The molecule has 16 heavy (non-hydrogen) atoms. The zero-order valence-electron chi connectivity index (χ0n) is 10.7. The normalized spacial score (nSPS) is 12.4. The Kier molecular flexibility index (Phi) is 11.1. The van der Waals surface area contributed by atoms with Gasteiger partial charge in [0.1, 0.15) is 6.61 Å². The summed E-state index contributed by atoms with van der Waals surface area (Å²) in [5.74, 6) is 0.449. The fourth-order valence-electron chi connectivity index (χ4n) is 1.29. The highest BCUT2D eigenvalue weighted by Crippen LogP contribution is 2.03. The Morgan fingerprint density at radius 2 is 1.88 bits per heavy atom. The Balaban J connectivity index is 0. The molecule has 0 aromatic heterocycles. The second-order valence-corrected chi connectivity index (χ2v) is 4.49. The molecule has 1 unspecified atom stereocenters. The summed E-state index contributed by atoms with van der Waals surface area (Å²) in [7, 11) is 0. The highest BCUT2D eigenvalue weighted by Gasteiger charge is 2.12. The molecule has 0 saturated heterocycles. The molecule has 5 heteroatoms. The maximum Gasteiger partial charge on any atom is 0.246 e. The zero-order valence-corrected chi connectivity index (χ0v) is 11.5. The lowest BCUT2D eigenvalue weighted by atomic mass is 10.0. The van der Waals surface area contributed by atoms with Crippen molar-refractivity contribution in [2.75, 3.05) is 13.2 Å². The van der Waals surface area contributed by atoms with Gasteiger partial charge in [-0.05, 0) is 26.2 Å². The van der Waals surface area contributed by atoms with Crippen LogP contribution < -0.4 is 11.1 Å². The molecule has 98 valence electrons. The molecule has 4 nitrogen and oxygen atoms in total. The predicted octanol–water partition coefficient (Wildman–Crippen LogP) is 1.32. The van der Waals surface area contributed by atoms with Crippen LogP contribution in [0.15, 0.2) is 0 Å². The number of rotatable bonds is 7. The number of halogens is 1. The summed E-state index contributed by atoms with van der Waals surface area (Å²) in [5, 5.41) is 2.86. The average molecular weight is 253 g/mol. The molecule has 0 heterocycles. The van der Waals surface area contributed by atoms with Crippen molar-refractivity contribution in [1.82, 2.24) is 5.32 Å². The molecule has 3 N–H and O–H groups in total. The van der Waals surface area contributed by atoms with Gasteiger partial charge in [0.2, 0.25) is 5.91 Å². The second kappa shape index (κ2) is 9.87. The van der Waals surface area contributed by atoms with Gasteiger partial charge in [0.15, 0.2) is 0 Å². The first-order valence-corrected chi connectivity index (χ1v) is 5.56. The van der Waals surface area contributed by atoms with E-state index in [2.05, 4.69) is 19.2 Å². The van der Waals surface area contributed by atoms with E-state index in [0.29, 0.717) is 12.5 Å². The molecule has 0 aliphatic rings. The third-order valence-corrected chi connectivity index (χ3v) is 1.95. The summed E-state index contributed by atoms with van der Waals surface area (Å²) >= 11 is 0. The van der Waals surface area contributed by atoms with E-state index in [1.54, 1.807) is 0 Å². The molecule has 0 radical (unpaired) electrons. The molecular weight excluding hydrogens is 228 g/mol. The van der Waals surface area contributed by atoms with Crippen molar-refractivity contribution in [3.63, 3.8) is 0 Å². The Bertz CT molecular complexity index is 187. The van der Waals surface area contributed by atoms with Crippen LogP contribution in [0.2, 0.25) is 0 Å². The Labute approximate surface area is 105 Å². The number of hydrogen-bond donors (Lipinski definition) is 2. The smallest absolute Gasteiger partial charge is 0.246 e. The first-order valence-electron chi connectivity index (χ1n) is 5.56. The minimum Gasteiger partial charge on any atom is -0.369 e. The molecule has 0 rings (SSSR count). The molecule has 0 aromatic rings. The number of carbonyl (C=O) groups excluding carboxylic acids is 1. The topological polar surface area (TPSA) is 64.3 Å². The van der Waals surface area contributed by atoms with Crippen molar-refractivity contribution in [3.05, 3.63) is 0 Å². The van der Waals surface area contributed by atoms with Crippen molar-refractivity contribution in [3.8, 4) is 0 Å². The first-order chi connectivity index (χ1) is 6.95. The van der Waals surface area contributed by atoms with Crippen LogP contribution in [0.1, 0.15) is 34.1 Å². The van der Waals surface area contributed by atoms with Crippen LogP contribution in [0.3, 0.4) is 0 Å². The van der Waals surface area contributed by atoms with Gasteiger partial charge in [-0.2, -0.15) is 0 Å². The standard InChI is InChI=1S/C11H24N2O2.ClH/c1-8(2)5-10(6-12)13-11(14)7-15-9(3)4;/h8-10H,5-7,12H2,1-4H3,(H,13,14);1H. The number of nitrogens with one attached hydrogen (secondary N) is 1. The van der Waals surface area contributed by atoms with Gasteiger partial charge in [0.05, 0.1) is 6.10 Å². The van der Waals surface area contributed by atoms with Gasteiger partial charge in [-0.15, -0.1) is 12.4 Å². The van der Waals surface area contributed by atoms with Gasteiger partial charge in [-0.1, -0.05) is 13.8 Å². The fraction of sp³-hybridized carbons (Fsp3) is 0.909. The third-order valence-electron chi connectivity index (χ3n) is 1.95. The van der Waals surface area contributed by atoms with Gasteiger partial charge in [0, 0.05) is 12.6 Å². The van der Waals surface area contributed by atoms with Crippen LogP contribution in [0, 0.1) is 5.92 Å².